The molecule has 0 bridgehead atoms. The number of nitrogens with zero attached hydrogens (tertiary/aromatic N) is 1. The molecule has 0 radical (unpaired) electrons. The maximum Gasteiger partial charge on any atom is 0.181 e. The van der Waals surface area contributed by atoms with E-state index in [1.54, 1.807) is 7.11 Å². The number of pyridine rings is 1. The normalized spacial score (nSPS) is 11.5. The molecule has 1 aromatic rings. The minimum absolute atomic E-state index is 0.0925. The summed E-state index contributed by atoms with van der Waals surface area (Å²) in [5.41, 5.74) is -0.0244. The van der Waals surface area contributed by atoms with Gasteiger partial charge in [-0.05, 0) is 32.4 Å². The van der Waals surface area contributed by atoms with Crippen LogP contribution in [0.25, 0.3) is 0 Å². The molecule has 88 valence electrons. The van der Waals surface area contributed by atoms with Crippen LogP contribution < -0.4 is 0 Å². The number of Topliss-reactive ketones (excluding diaryl/α,β-unsaturated/α-hetero) is 1. The molecule has 0 fully saturated rings. The summed E-state index contributed by atoms with van der Waals surface area (Å²) in [5, 5.41) is 0. The first-order valence-corrected chi connectivity index (χ1v) is 5.14. The second-order valence-corrected chi connectivity index (χ2v) is 4.25. The van der Waals surface area contributed by atoms with Crippen LogP contribution in [-0.2, 0) is 4.74 Å². The Bertz CT molecular complexity index is 360. The predicted molar refractivity (Wildman–Crippen MR) is 58.8 cm³/mol. The van der Waals surface area contributed by atoms with E-state index in [9.17, 15) is 9.18 Å². The number of aromatic nitrogens is 1. The monoisotopic (exact) mass is 225 g/mol. The fourth-order valence-corrected chi connectivity index (χ4v) is 1.19. The third kappa shape index (κ3) is 3.70. The molecule has 1 rings (SSSR count). The Morgan fingerprint density at radius 1 is 1.50 bits per heavy atom. The van der Waals surface area contributed by atoms with Crippen LogP contribution in [0, 0.1) is 5.82 Å². The summed E-state index contributed by atoms with van der Waals surface area (Å²) in [7, 11) is 1.61. The Balaban J connectivity index is 2.56. The van der Waals surface area contributed by atoms with Crippen LogP contribution in [0.5, 0.6) is 0 Å². The molecule has 0 saturated heterocycles. The van der Waals surface area contributed by atoms with Crippen LogP contribution >= 0.6 is 0 Å². The fourth-order valence-electron chi connectivity index (χ4n) is 1.19. The number of hydrogen-bond donors (Lipinski definition) is 0. The highest BCUT2D eigenvalue weighted by molar-refractivity contribution is 5.94. The Morgan fingerprint density at radius 2 is 2.19 bits per heavy atom. The Labute approximate surface area is 94.6 Å². The molecular formula is C12H16FNO2. The Kier molecular flexibility index (Phi) is 4.12. The van der Waals surface area contributed by atoms with E-state index in [2.05, 4.69) is 4.98 Å². The van der Waals surface area contributed by atoms with Crippen molar-refractivity contribution in [3.63, 3.8) is 0 Å². The van der Waals surface area contributed by atoms with Crippen LogP contribution in [0.15, 0.2) is 18.3 Å². The van der Waals surface area contributed by atoms with Gasteiger partial charge in [0.25, 0.3) is 0 Å². The van der Waals surface area contributed by atoms with Crippen molar-refractivity contribution in [1.82, 2.24) is 4.98 Å². The summed E-state index contributed by atoms with van der Waals surface area (Å²) < 4.78 is 17.8. The predicted octanol–water partition coefficient (Wildman–Crippen LogP) is 2.61. The number of carbonyl (C=O) groups excluding carboxylic acids is 1. The molecule has 0 unspecified atom stereocenters. The van der Waals surface area contributed by atoms with Crippen molar-refractivity contribution in [3.05, 3.63) is 29.8 Å². The summed E-state index contributed by atoms with van der Waals surface area (Å²) in [6.45, 7) is 3.83. The van der Waals surface area contributed by atoms with Gasteiger partial charge in [0, 0.05) is 13.5 Å². The molecule has 0 amide bonds. The van der Waals surface area contributed by atoms with Crippen molar-refractivity contribution < 1.29 is 13.9 Å². The summed E-state index contributed by atoms with van der Waals surface area (Å²) in [5.74, 6) is -0.529. The summed E-state index contributed by atoms with van der Waals surface area (Å²) in [6.07, 6.45) is 2.01. The van der Waals surface area contributed by atoms with Gasteiger partial charge in [0.05, 0.1) is 11.8 Å². The van der Waals surface area contributed by atoms with E-state index in [0.717, 1.165) is 6.20 Å². The molecule has 0 N–H and O–H groups in total. The summed E-state index contributed by atoms with van der Waals surface area (Å²) in [6, 6.07) is 2.64. The number of ketones is 1. The van der Waals surface area contributed by atoms with Crippen LogP contribution in [0.1, 0.15) is 37.2 Å². The lowest BCUT2D eigenvalue weighted by atomic mass is 9.99. The van der Waals surface area contributed by atoms with Crippen LogP contribution in [-0.4, -0.2) is 23.5 Å². The molecule has 0 saturated carbocycles. The van der Waals surface area contributed by atoms with Gasteiger partial charge in [0.1, 0.15) is 11.5 Å². The number of rotatable bonds is 5. The molecule has 0 aliphatic rings. The van der Waals surface area contributed by atoms with E-state index >= 15 is 0 Å². The first kappa shape index (κ1) is 12.8. The number of methoxy groups -OCH3 is 1. The maximum absolute atomic E-state index is 12.6. The zero-order valence-electron chi connectivity index (χ0n) is 9.79. The summed E-state index contributed by atoms with van der Waals surface area (Å²) >= 11 is 0. The highest BCUT2D eigenvalue weighted by Gasteiger charge is 2.19. The standard InChI is InChI=1S/C12H16FNO2/c1-12(2,16-3)7-6-11(15)10-5-4-9(13)8-14-10/h4-5,8H,6-7H2,1-3H3. The molecule has 1 heterocycles. The molecule has 0 aliphatic heterocycles. The van der Waals surface area contributed by atoms with Crippen molar-refractivity contribution in [1.29, 1.82) is 0 Å². The average molecular weight is 225 g/mol. The highest BCUT2D eigenvalue weighted by Crippen LogP contribution is 2.16. The summed E-state index contributed by atoms with van der Waals surface area (Å²) in [4.78, 5) is 15.4. The topological polar surface area (TPSA) is 39.2 Å². The third-order valence-electron chi connectivity index (χ3n) is 2.52. The second kappa shape index (κ2) is 5.16. The fraction of sp³-hybridized carbons (Fsp3) is 0.500. The molecule has 0 aliphatic carbocycles. The maximum atomic E-state index is 12.6. The largest absolute Gasteiger partial charge is 0.379 e. The molecular weight excluding hydrogens is 209 g/mol. The van der Waals surface area contributed by atoms with Gasteiger partial charge in [-0.15, -0.1) is 0 Å². The number of halogens is 1. The third-order valence-corrected chi connectivity index (χ3v) is 2.52. The molecule has 16 heavy (non-hydrogen) atoms. The van der Waals surface area contributed by atoms with Crippen molar-refractivity contribution >= 4 is 5.78 Å². The van der Waals surface area contributed by atoms with E-state index in [0.29, 0.717) is 18.5 Å². The van der Waals surface area contributed by atoms with E-state index in [-0.39, 0.29) is 11.4 Å². The van der Waals surface area contributed by atoms with Gasteiger partial charge in [-0.1, -0.05) is 0 Å². The molecule has 0 spiro atoms. The first-order valence-electron chi connectivity index (χ1n) is 5.14. The molecule has 1 aromatic heterocycles. The second-order valence-electron chi connectivity index (χ2n) is 4.25. The lowest BCUT2D eigenvalue weighted by Gasteiger charge is -2.21. The van der Waals surface area contributed by atoms with Crippen LogP contribution in [0.2, 0.25) is 0 Å². The van der Waals surface area contributed by atoms with Crippen LogP contribution in [0.3, 0.4) is 0 Å². The minimum Gasteiger partial charge on any atom is -0.379 e. The molecule has 0 aromatic carbocycles. The van der Waals surface area contributed by atoms with Gasteiger partial charge < -0.3 is 4.74 Å². The first-order chi connectivity index (χ1) is 7.44. The van der Waals surface area contributed by atoms with Gasteiger partial charge >= 0.3 is 0 Å². The van der Waals surface area contributed by atoms with Crippen LogP contribution in [0.4, 0.5) is 4.39 Å². The molecule has 4 heteroatoms. The number of ether oxygens (including phenoxy) is 1. The molecule has 3 nitrogen and oxygen atoms in total. The van der Waals surface area contributed by atoms with E-state index in [1.807, 2.05) is 13.8 Å². The SMILES string of the molecule is COC(C)(C)CCC(=O)c1ccc(F)cn1. The van der Waals surface area contributed by atoms with Crippen molar-refractivity contribution in [2.45, 2.75) is 32.3 Å². The van der Waals surface area contributed by atoms with E-state index in [4.69, 9.17) is 4.74 Å². The number of carbonyl (C=O) groups is 1. The lowest BCUT2D eigenvalue weighted by Crippen LogP contribution is -2.23. The van der Waals surface area contributed by atoms with Gasteiger partial charge in [-0.25, -0.2) is 4.39 Å². The van der Waals surface area contributed by atoms with E-state index in [1.165, 1.54) is 12.1 Å². The van der Waals surface area contributed by atoms with Crippen molar-refractivity contribution in [2.75, 3.05) is 7.11 Å². The highest BCUT2D eigenvalue weighted by atomic mass is 19.1. The Morgan fingerprint density at radius 3 is 2.69 bits per heavy atom. The lowest BCUT2D eigenvalue weighted by molar-refractivity contribution is 0.0141. The van der Waals surface area contributed by atoms with Crippen molar-refractivity contribution in [3.8, 4) is 0 Å². The minimum atomic E-state index is -0.436. The van der Waals surface area contributed by atoms with Gasteiger partial charge in [-0.2, -0.15) is 0 Å². The number of hydrogen-bond acceptors (Lipinski definition) is 3. The Hall–Kier alpha value is -1.29. The molecule has 0 atom stereocenters. The zero-order chi connectivity index (χ0) is 12.2. The van der Waals surface area contributed by atoms with Gasteiger partial charge in [0.15, 0.2) is 5.78 Å². The average Bonchev–Trinajstić information content (AvgIpc) is 2.27. The smallest absolute Gasteiger partial charge is 0.181 e. The quantitative estimate of drug-likeness (QED) is 0.723. The van der Waals surface area contributed by atoms with Gasteiger partial charge in [0.2, 0.25) is 0 Å². The zero-order valence-corrected chi connectivity index (χ0v) is 9.79. The van der Waals surface area contributed by atoms with E-state index < -0.39 is 5.82 Å². The van der Waals surface area contributed by atoms with Gasteiger partial charge in [-0.3, -0.25) is 9.78 Å². The van der Waals surface area contributed by atoms with Crippen molar-refractivity contribution in [2.24, 2.45) is 0 Å².